The number of halogens is 5. The molecule has 0 aliphatic rings. The fourth-order valence-corrected chi connectivity index (χ4v) is 12.9. The van der Waals surface area contributed by atoms with Crippen LogP contribution in [-0.4, -0.2) is 34.3 Å². The lowest BCUT2D eigenvalue weighted by atomic mass is 9.77. The number of hydrogen-bond donors (Lipinski definition) is 4. The number of nitriles is 3. The highest BCUT2D eigenvalue weighted by atomic mass is 127. The first kappa shape index (κ1) is 69.5. The van der Waals surface area contributed by atoms with Crippen LogP contribution in [0.3, 0.4) is 0 Å². The second-order valence-electron chi connectivity index (χ2n) is 20.7. The number of furan rings is 3. The van der Waals surface area contributed by atoms with Crippen LogP contribution in [-0.2, 0) is 0 Å². The SMILES string of the molecule is Brc1ccc(Br)c(I)c1.C.C.N#Cc1ccccc1-c1cc(-c2ccc3oc4ccccc4c3c2)ccc1-c1ccc2oc3ccccc3c2c1.N#Cc1ccccc1-c1cc(Br)ccc1Br.N#Cc1ccccc1B(O)O.OB(O)c1ccc2oc3ccccc3c2c1. The Kier molecular flexibility index (Phi) is 23.5. The number of fused-ring (bicyclic) bond motifs is 9. The van der Waals surface area contributed by atoms with E-state index >= 15 is 0 Å². The van der Waals surface area contributed by atoms with E-state index in [0.29, 0.717) is 22.2 Å². The Labute approximate surface area is 591 Å². The highest BCUT2D eigenvalue weighted by molar-refractivity contribution is 14.1. The van der Waals surface area contributed by atoms with E-state index < -0.39 is 14.2 Å². The summed E-state index contributed by atoms with van der Waals surface area (Å²) >= 11 is 16.0. The Morgan fingerprint density at radius 3 is 1.22 bits per heavy atom. The quantitative estimate of drug-likeness (QED) is 0.0708. The molecule has 0 spiro atoms. The van der Waals surface area contributed by atoms with Crippen molar-refractivity contribution in [3.05, 3.63) is 293 Å². The summed E-state index contributed by atoms with van der Waals surface area (Å²) in [7, 11) is -3.01. The van der Waals surface area contributed by atoms with Gasteiger partial charge >= 0.3 is 14.2 Å². The summed E-state index contributed by atoms with van der Waals surface area (Å²) in [5.74, 6) is 0. The van der Waals surface area contributed by atoms with Crippen molar-refractivity contribution < 1.29 is 33.3 Å². The van der Waals surface area contributed by atoms with Crippen LogP contribution < -0.4 is 10.9 Å². The van der Waals surface area contributed by atoms with E-state index in [9.17, 15) is 5.26 Å². The molecule has 0 saturated carbocycles. The molecule has 15 aromatic rings. The van der Waals surface area contributed by atoms with Crippen molar-refractivity contribution in [2.75, 3.05) is 0 Å². The van der Waals surface area contributed by atoms with E-state index in [0.717, 1.165) is 128 Å². The summed E-state index contributed by atoms with van der Waals surface area (Å²) in [6, 6.07) is 88.5. The Bertz CT molecular complexity index is 5360. The minimum absolute atomic E-state index is 0. The van der Waals surface area contributed by atoms with Gasteiger partial charge in [0, 0.05) is 64.9 Å². The lowest BCUT2D eigenvalue weighted by Crippen LogP contribution is -2.31. The van der Waals surface area contributed by atoms with E-state index in [-0.39, 0.29) is 20.3 Å². The Morgan fingerprint density at radius 2 is 0.723 bits per heavy atom. The van der Waals surface area contributed by atoms with Crippen LogP contribution in [0.4, 0.5) is 0 Å². The van der Waals surface area contributed by atoms with Crippen LogP contribution >= 0.6 is 86.3 Å². The molecule has 0 atom stereocenters. The second-order valence-corrected chi connectivity index (χ2v) is 25.4. The van der Waals surface area contributed by atoms with Crippen LogP contribution in [0.25, 0.3) is 110 Å². The van der Waals surface area contributed by atoms with Crippen molar-refractivity contribution in [3.63, 3.8) is 0 Å². The van der Waals surface area contributed by atoms with E-state index in [2.05, 4.69) is 159 Å². The summed E-state index contributed by atoms with van der Waals surface area (Å²) in [6.07, 6.45) is 0. The van der Waals surface area contributed by atoms with Crippen LogP contribution in [0.5, 0.6) is 0 Å². The van der Waals surface area contributed by atoms with Gasteiger partial charge in [0.2, 0.25) is 0 Å². The average Bonchev–Trinajstić information content (AvgIpc) is 1.49. The molecule has 94 heavy (non-hydrogen) atoms. The van der Waals surface area contributed by atoms with Crippen molar-refractivity contribution in [2.45, 2.75) is 14.9 Å². The molecule has 17 heteroatoms. The first-order valence-electron chi connectivity index (χ1n) is 28.3. The molecule has 0 aliphatic carbocycles. The molecule has 15 rings (SSSR count). The van der Waals surface area contributed by atoms with Gasteiger partial charge in [0.15, 0.2) is 0 Å². The third-order valence-electron chi connectivity index (χ3n) is 15.0. The van der Waals surface area contributed by atoms with Gasteiger partial charge in [0.1, 0.15) is 33.5 Å². The Morgan fingerprint density at radius 1 is 0.319 bits per heavy atom. The molecular weight excluding hydrogens is 1550 g/mol. The molecule has 0 unspecified atom stereocenters. The maximum atomic E-state index is 9.98. The normalized spacial score (nSPS) is 10.4. The van der Waals surface area contributed by atoms with Gasteiger partial charge < -0.3 is 33.3 Å². The fraction of sp³-hybridized carbons (Fsp3) is 0.0260. The molecule has 0 fully saturated rings. The molecule has 4 N–H and O–H groups in total. The molecule has 3 aromatic heterocycles. The molecule has 3 heterocycles. The topological polar surface area (TPSA) is 192 Å². The molecule has 0 amide bonds. The Hall–Kier alpha value is -8.87. The monoisotopic (exact) mass is 1600 g/mol. The summed E-state index contributed by atoms with van der Waals surface area (Å²) < 4.78 is 23.2. The van der Waals surface area contributed by atoms with Crippen molar-refractivity contribution in [2.24, 2.45) is 0 Å². The first-order chi connectivity index (χ1) is 44.7. The van der Waals surface area contributed by atoms with E-state index in [1.807, 2.05) is 158 Å². The highest BCUT2D eigenvalue weighted by Gasteiger charge is 2.19. The third kappa shape index (κ3) is 15.7. The Balaban J connectivity index is 0.000000159. The number of rotatable bonds is 6. The summed E-state index contributed by atoms with van der Waals surface area (Å²) in [5.41, 5.74) is 15.6. The van der Waals surface area contributed by atoms with Gasteiger partial charge in [-0.25, -0.2) is 0 Å². The number of nitrogens with zero attached hydrogens (tertiary/aromatic N) is 3. The van der Waals surface area contributed by atoms with Crippen LogP contribution in [0.1, 0.15) is 31.5 Å². The van der Waals surface area contributed by atoms with Crippen LogP contribution in [0.15, 0.2) is 286 Å². The molecule has 0 aliphatic heterocycles. The van der Waals surface area contributed by atoms with Gasteiger partial charge in [-0.3, -0.25) is 0 Å². The van der Waals surface area contributed by atoms with Gasteiger partial charge in [-0.15, -0.1) is 0 Å². The third-order valence-corrected chi connectivity index (χ3v) is 19.0. The maximum absolute atomic E-state index is 9.98. The number of benzene rings is 12. The molecule has 460 valence electrons. The minimum atomic E-state index is -1.56. The van der Waals surface area contributed by atoms with E-state index in [1.54, 1.807) is 30.3 Å². The molecule has 0 radical (unpaired) electrons. The zero-order valence-corrected chi connectivity index (χ0v) is 56.6. The van der Waals surface area contributed by atoms with Crippen molar-refractivity contribution in [1.29, 1.82) is 15.8 Å². The fourth-order valence-electron chi connectivity index (χ4n) is 10.5. The molecular formula is C77H54B2Br4IN3O7. The van der Waals surface area contributed by atoms with E-state index in [1.165, 1.54) is 15.7 Å². The van der Waals surface area contributed by atoms with Gasteiger partial charge in [0.25, 0.3) is 0 Å². The van der Waals surface area contributed by atoms with Crippen molar-refractivity contribution >= 4 is 177 Å². The van der Waals surface area contributed by atoms with Crippen LogP contribution in [0, 0.1) is 37.6 Å². The molecule has 12 aromatic carbocycles. The molecule has 10 nitrogen and oxygen atoms in total. The maximum Gasteiger partial charge on any atom is 0.489 e. The van der Waals surface area contributed by atoms with Gasteiger partial charge in [0.05, 0.1) is 34.9 Å². The zero-order chi connectivity index (χ0) is 64.4. The first-order valence-corrected chi connectivity index (χ1v) is 32.6. The summed E-state index contributed by atoms with van der Waals surface area (Å²) in [5, 5.41) is 69.5. The standard InChI is InChI=1S/C37H21NO2.C13H7Br2N.C12H9BO3.C7H6BNO2.C6H3Br2I.2CH4/c38-22-26-7-1-2-8-27(26)31-19-23(24-14-17-36-32(20-24)29-9-3-5-11-34(29)39-36)13-16-28(31)25-15-18-37-33(21-25)30-10-4-6-12-35(30)40-37;14-10-5-6-13(15)12(7-10)11-4-2-1-3-9(11)8-16;14-13(15)8-5-6-12-10(7-8)9-3-1-2-4-11(9)16-12;9-5-6-3-1-2-4-7(6)8(10)11;7-4-1-2-5(8)6(9)3-4;;/h1-21H;1-7H;1-7,14-15H;1-4,10-11H;1-3H;2*1H4. The molecule has 0 saturated heterocycles. The predicted octanol–water partition coefficient (Wildman–Crippen LogP) is 20.7. The van der Waals surface area contributed by atoms with Crippen LogP contribution in [0.2, 0.25) is 0 Å². The lowest BCUT2D eigenvalue weighted by molar-refractivity contribution is 0.424. The van der Waals surface area contributed by atoms with Gasteiger partial charge in [-0.05, 0) is 192 Å². The second kappa shape index (κ2) is 31.8. The largest absolute Gasteiger partial charge is 0.489 e. The summed E-state index contributed by atoms with van der Waals surface area (Å²) in [6.45, 7) is 0. The molecule has 0 bridgehead atoms. The summed E-state index contributed by atoms with van der Waals surface area (Å²) in [4.78, 5) is 0. The van der Waals surface area contributed by atoms with Crippen molar-refractivity contribution in [1.82, 2.24) is 0 Å². The van der Waals surface area contributed by atoms with Crippen molar-refractivity contribution in [3.8, 4) is 62.7 Å². The highest BCUT2D eigenvalue weighted by Crippen LogP contribution is 2.41. The number of hydrogen-bond acceptors (Lipinski definition) is 10. The van der Waals surface area contributed by atoms with Gasteiger partial charge in [-0.2, -0.15) is 15.8 Å². The number of para-hydroxylation sites is 3. The minimum Gasteiger partial charge on any atom is -0.456 e. The average molecular weight is 1600 g/mol. The van der Waals surface area contributed by atoms with Gasteiger partial charge in [-0.1, -0.05) is 208 Å². The lowest BCUT2D eigenvalue weighted by Gasteiger charge is -2.14. The predicted molar refractivity (Wildman–Crippen MR) is 407 cm³/mol. The zero-order valence-electron chi connectivity index (χ0n) is 48.1. The van der Waals surface area contributed by atoms with E-state index in [4.69, 9.17) is 43.9 Å². The smallest absolute Gasteiger partial charge is 0.456 e.